The third-order valence-electron chi connectivity index (χ3n) is 5.03. The second-order valence-electron chi connectivity index (χ2n) is 7.57. The number of benzene rings is 3. The van der Waals surface area contributed by atoms with E-state index in [9.17, 15) is 18.3 Å². The van der Waals surface area contributed by atoms with E-state index >= 15 is 0 Å². The number of aromatic hydroxyl groups is 1. The maximum absolute atomic E-state index is 13.1. The summed E-state index contributed by atoms with van der Waals surface area (Å²) in [7, 11) is -3.69. The lowest BCUT2D eigenvalue weighted by Crippen LogP contribution is -2.29. The van der Waals surface area contributed by atoms with E-state index in [4.69, 9.17) is 16.4 Å². The number of rotatable bonds is 7. The van der Waals surface area contributed by atoms with Crippen molar-refractivity contribution in [1.29, 1.82) is 0 Å². The largest absolute Gasteiger partial charge is 0.506 e. The SMILES string of the molecule is C=O.CCC(Nc1cc(O)c(NC(=O)c2ccc(C)cc2)cc1Cl)S(=O)(=O)c1cccc(C)c1. The average Bonchev–Trinajstić information content (AvgIpc) is 2.81. The Labute approximate surface area is 204 Å². The highest BCUT2D eigenvalue weighted by Crippen LogP contribution is 2.35. The van der Waals surface area contributed by atoms with Crippen molar-refractivity contribution in [3.8, 4) is 5.75 Å². The van der Waals surface area contributed by atoms with Gasteiger partial charge in [-0.1, -0.05) is 48.4 Å². The van der Waals surface area contributed by atoms with Gasteiger partial charge in [-0.05, 0) is 56.2 Å². The van der Waals surface area contributed by atoms with E-state index in [0.29, 0.717) is 5.56 Å². The Bertz CT molecular complexity index is 1260. The topological polar surface area (TPSA) is 113 Å². The normalized spacial score (nSPS) is 11.6. The molecule has 0 heterocycles. The summed E-state index contributed by atoms with van der Waals surface area (Å²) in [5.41, 5.74) is 2.67. The number of amides is 1. The number of anilines is 2. The summed E-state index contributed by atoms with van der Waals surface area (Å²) in [6, 6.07) is 16.4. The van der Waals surface area contributed by atoms with E-state index < -0.39 is 21.1 Å². The standard InChI is InChI=1S/C24H25ClN2O4S.CH2O/c1-4-23(32(30,31)18-7-5-6-16(3)12-18)26-20-14-22(28)21(13-19(20)25)27-24(29)17-10-8-15(2)9-11-17;1-2/h5-14,23,26,28H,4H2,1-3H3,(H,27,29);1H2. The zero-order chi connectivity index (χ0) is 25.5. The Balaban J connectivity index is 0.00000199. The lowest BCUT2D eigenvalue weighted by molar-refractivity contribution is -0.0980. The van der Waals surface area contributed by atoms with Crippen LogP contribution in [-0.4, -0.2) is 31.6 Å². The van der Waals surface area contributed by atoms with Crippen molar-refractivity contribution in [3.63, 3.8) is 0 Å². The molecule has 1 amide bonds. The van der Waals surface area contributed by atoms with Crippen LogP contribution in [0.25, 0.3) is 0 Å². The maximum Gasteiger partial charge on any atom is 0.255 e. The fraction of sp³-hybridized carbons (Fsp3) is 0.200. The Morgan fingerprint density at radius 3 is 2.24 bits per heavy atom. The summed E-state index contributed by atoms with van der Waals surface area (Å²) in [4.78, 5) is 20.7. The molecular formula is C25H27ClN2O5S. The van der Waals surface area contributed by atoms with E-state index in [1.54, 1.807) is 37.3 Å². The van der Waals surface area contributed by atoms with Crippen LogP contribution in [0.2, 0.25) is 5.02 Å². The van der Waals surface area contributed by atoms with Crippen molar-refractivity contribution < 1.29 is 23.1 Å². The quantitative estimate of drug-likeness (QED) is 0.375. The van der Waals surface area contributed by atoms with Crippen molar-refractivity contribution in [3.05, 3.63) is 82.4 Å². The van der Waals surface area contributed by atoms with Gasteiger partial charge < -0.3 is 20.5 Å². The Morgan fingerprint density at radius 1 is 1.00 bits per heavy atom. The first-order chi connectivity index (χ1) is 16.1. The van der Waals surface area contributed by atoms with Gasteiger partial charge in [0.2, 0.25) is 0 Å². The molecule has 0 saturated heterocycles. The van der Waals surface area contributed by atoms with Crippen LogP contribution in [0, 0.1) is 13.8 Å². The molecule has 1 atom stereocenters. The van der Waals surface area contributed by atoms with Crippen LogP contribution in [0.3, 0.4) is 0 Å². The van der Waals surface area contributed by atoms with Gasteiger partial charge in [0.05, 0.1) is 21.3 Å². The maximum atomic E-state index is 13.1. The summed E-state index contributed by atoms with van der Waals surface area (Å²) < 4.78 is 26.2. The first kappa shape index (κ1) is 26.9. The molecule has 0 fully saturated rings. The van der Waals surface area contributed by atoms with Crippen LogP contribution in [-0.2, 0) is 14.6 Å². The predicted molar refractivity (Wildman–Crippen MR) is 135 cm³/mol. The van der Waals surface area contributed by atoms with Gasteiger partial charge in [-0.2, -0.15) is 0 Å². The monoisotopic (exact) mass is 502 g/mol. The number of nitrogens with one attached hydrogen (secondary N) is 2. The average molecular weight is 503 g/mol. The molecule has 1 unspecified atom stereocenters. The van der Waals surface area contributed by atoms with Gasteiger partial charge in [0.25, 0.3) is 5.91 Å². The number of phenolic OH excluding ortho intramolecular Hbond substituents is 1. The minimum absolute atomic E-state index is 0.126. The molecule has 7 nitrogen and oxygen atoms in total. The fourth-order valence-corrected chi connectivity index (χ4v) is 5.09. The second-order valence-corrected chi connectivity index (χ2v) is 10.1. The molecule has 0 spiro atoms. The highest BCUT2D eigenvalue weighted by molar-refractivity contribution is 7.92. The molecule has 0 aromatic heterocycles. The van der Waals surface area contributed by atoms with Crippen LogP contribution in [0.1, 0.15) is 34.8 Å². The van der Waals surface area contributed by atoms with E-state index in [2.05, 4.69) is 10.6 Å². The number of carbonyl (C=O) groups is 2. The highest BCUT2D eigenvalue weighted by Gasteiger charge is 2.27. The van der Waals surface area contributed by atoms with Gasteiger partial charge in [-0.25, -0.2) is 8.42 Å². The summed E-state index contributed by atoms with van der Waals surface area (Å²) >= 11 is 6.35. The molecule has 0 aliphatic carbocycles. The van der Waals surface area contributed by atoms with Gasteiger partial charge in [0.15, 0.2) is 9.84 Å². The predicted octanol–water partition coefficient (Wildman–Crippen LogP) is 5.35. The van der Waals surface area contributed by atoms with Crippen LogP contribution in [0.15, 0.2) is 65.6 Å². The number of hydrogen-bond donors (Lipinski definition) is 3. The first-order valence-electron chi connectivity index (χ1n) is 10.4. The van der Waals surface area contributed by atoms with Crippen LogP contribution in [0.5, 0.6) is 5.75 Å². The molecule has 0 saturated carbocycles. The van der Waals surface area contributed by atoms with Gasteiger partial charge in [0, 0.05) is 11.6 Å². The van der Waals surface area contributed by atoms with Crippen LogP contribution >= 0.6 is 11.6 Å². The Hall–Kier alpha value is -3.36. The number of aryl methyl sites for hydroxylation is 2. The zero-order valence-electron chi connectivity index (χ0n) is 19.1. The molecule has 0 radical (unpaired) electrons. The minimum Gasteiger partial charge on any atom is -0.506 e. The minimum atomic E-state index is -3.69. The molecule has 0 aliphatic rings. The molecule has 0 bridgehead atoms. The molecule has 3 aromatic rings. The van der Waals surface area contributed by atoms with Crippen molar-refractivity contribution in [2.45, 2.75) is 37.5 Å². The first-order valence-corrected chi connectivity index (χ1v) is 12.3. The lowest BCUT2D eigenvalue weighted by atomic mass is 10.1. The van der Waals surface area contributed by atoms with E-state index in [1.165, 1.54) is 12.1 Å². The summed E-state index contributed by atoms with van der Waals surface area (Å²) in [6.07, 6.45) is 0.277. The molecule has 3 rings (SSSR count). The number of sulfone groups is 1. The second kappa shape index (κ2) is 11.7. The van der Waals surface area contributed by atoms with Gasteiger partial charge >= 0.3 is 0 Å². The molecule has 180 valence electrons. The van der Waals surface area contributed by atoms with E-state index in [1.807, 2.05) is 38.8 Å². The summed E-state index contributed by atoms with van der Waals surface area (Å²) in [5, 5.41) is 15.2. The highest BCUT2D eigenvalue weighted by atomic mass is 35.5. The Morgan fingerprint density at radius 2 is 1.65 bits per heavy atom. The molecular weight excluding hydrogens is 476 g/mol. The number of carbonyl (C=O) groups excluding carboxylic acids is 2. The Kier molecular flexibility index (Phi) is 9.23. The summed E-state index contributed by atoms with van der Waals surface area (Å²) in [6.45, 7) is 7.49. The number of halogens is 1. The fourth-order valence-electron chi connectivity index (χ4n) is 3.20. The van der Waals surface area contributed by atoms with Crippen molar-refractivity contribution in [2.24, 2.45) is 0 Å². The zero-order valence-corrected chi connectivity index (χ0v) is 20.7. The molecule has 34 heavy (non-hydrogen) atoms. The van der Waals surface area contributed by atoms with Crippen molar-refractivity contribution in [2.75, 3.05) is 10.6 Å². The lowest BCUT2D eigenvalue weighted by Gasteiger charge is -2.21. The smallest absolute Gasteiger partial charge is 0.255 e. The molecule has 3 aromatic carbocycles. The summed E-state index contributed by atoms with van der Waals surface area (Å²) in [5.74, 6) is -0.634. The van der Waals surface area contributed by atoms with E-state index in [0.717, 1.165) is 11.1 Å². The number of hydrogen-bond acceptors (Lipinski definition) is 6. The van der Waals surface area contributed by atoms with Crippen LogP contribution < -0.4 is 10.6 Å². The molecule has 9 heteroatoms. The number of phenols is 1. The third-order valence-corrected chi connectivity index (χ3v) is 7.45. The van der Waals surface area contributed by atoms with Crippen molar-refractivity contribution in [1.82, 2.24) is 0 Å². The van der Waals surface area contributed by atoms with Gasteiger partial charge in [0.1, 0.15) is 17.9 Å². The van der Waals surface area contributed by atoms with Gasteiger partial charge in [-0.15, -0.1) is 0 Å². The van der Waals surface area contributed by atoms with Crippen molar-refractivity contribution >= 4 is 45.5 Å². The third kappa shape index (κ3) is 6.36. The molecule has 0 aliphatic heterocycles. The van der Waals surface area contributed by atoms with E-state index in [-0.39, 0.29) is 33.5 Å². The molecule has 3 N–H and O–H groups in total. The van der Waals surface area contributed by atoms with Gasteiger partial charge in [-0.3, -0.25) is 4.79 Å². The van der Waals surface area contributed by atoms with Crippen LogP contribution in [0.4, 0.5) is 11.4 Å².